The Kier molecular flexibility index (Phi) is 3.99. The average molecular weight is 184 g/mol. The molecule has 9 heavy (non-hydrogen) atoms. The lowest BCUT2D eigenvalue weighted by molar-refractivity contribution is 0.592. The highest BCUT2D eigenvalue weighted by molar-refractivity contribution is 8.27. The summed E-state index contributed by atoms with van der Waals surface area (Å²) in [7, 11) is 1.91. The minimum atomic E-state index is -1.86. The molecule has 0 radical (unpaired) electrons. The van der Waals surface area contributed by atoms with E-state index < -0.39 is 5.54 Å². The molecule has 0 rings (SSSR count). The lowest BCUT2D eigenvalue weighted by Gasteiger charge is -2.20. The van der Waals surface area contributed by atoms with Crippen molar-refractivity contribution in [2.75, 3.05) is 13.6 Å². The largest absolute Gasteiger partial charge is 0.264 e. The van der Waals surface area contributed by atoms with Gasteiger partial charge in [-0.25, -0.2) is 0 Å². The molecule has 0 aliphatic heterocycles. The first-order valence-electron chi connectivity index (χ1n) is 2.69. The predicted molar refractivity (Wildman–Crippen MR) is 48.6 cm³/mol. The van der Waals surface area contributed by atoms with Gasteiger partial charge >= 0.3 is 0 Å². The summed E-state index contributed by atoms with van der Waals surface area (Å²) in [5.74, 6) is 1.66. The summed E-state index contributed by atoms with van der Waals surface area (Å²) in [6.07, 6.45) is 0. The van der Waals surface area contributed by atoms with Gasteiger partial charge in [-0.15, -0.1) is 0 Å². The first-order valence-corrected chi connectivity index (χ1v) is 6.42. The average Bonchev–Trinajstić information content (AvgIpc) is 1.86. The van der Waals surface area contributed by atoms with Crippen LogP contribution < -0.4 is 0 Å². The normalized spacial score (nSPS) is 17.3. The van der Waals surface area contributed by atoms with Crippen LogP contribution in [-0.2, 0) is 11.8 Å². The lowest BCUT2D eigenvalue weighted by atomic mass is 10.8. The molecule has 0 aromatic heterocycles. The Morgan fingerprint density at radius 3 is 2.44 bits per heavy atom. The minimum Gasteiger partial charge on any atom is -0.264 e. The van der Waals surface area contributed by atoms with Crippen molar-refractivity contribution < 1.29 is 0 Å². The Hall–Kier alpha value is 0.640. The molecule has 1 nitrogen and oxygen atoms in total. The zero-order chi connectivity index (χ0) is 7.49. The van der Waals surface area contributed by atoms with Gasteiger partial charge in [-0.05, 0) is 12.9 Å². The van der Waals surface area contributed by atoms with Crippen LogP contribution in [0.15, 0.2) is 12.4 Å². The second kappa shape index (κ2) is 3.72. The van der Waals surface area contributed by atoms with Gasteiger partial charge < -0.3 is 0 Å². The zero-order valence-corrected chi connectivity index (χ0v) is 8.14. The highest BCUT2D eigenvalue weighted by atomic mass is 35.7. The van der Waals surface area contributed by atoms with Gasteiger partial charge in [0.05, 0.1) is 0 Å². The smallest absolute Gasteiger partial charge is 0.119 e. The van der Waals surface area contributed by atoms with Crippen LogP contribution in [0.25, 0.3) is 0 Å². The van der Waals surface area contributed by atoms with E-state index in [0.717, 1.165) is 6.54 Å². The summed E-state index contributed by atoms with van der Waals surface area (Å²) in [5, 5.41) is 0. The number of halogens is 1. The van der Waals surface area contributed by atoms with Gasteiger partial charge in [-0.2, -0.15) is 0 Å². The van der Waals surface area contributed by atoms with E-state index in [9.17, 15) is 0 Å². The van der Waals surface area contributed by atoms with Gasteiger partial charge in [0, 0.05) is 6.54 Å². The van der Waals surface area contributed by atoms with Gasteiger partial charge in [-0.1, -0.05) is 36.6 Å². The van der Waals surface area contributed by atoms with Crippen LogP contribution >= 0.6 is 16.8 Å². The third-order valence-electron chi connectivity index (χ3n) is 1.15. The van der Waals surface area contributed by atoms with E-state index in [1.807, 2.05) is 18.6 Å². The number of hydrogen-bond acceptors (Lipinski definition) is 1. The van der Waals surface area contributed by atoms with E-state index in [2.05, 4.69) is 6.58 Å². The van der Waals surface area contributed by atoms with E-state index in [-0.39, 0.29) is 0 Å². The Labute approximate surface area is 66.5 Å². The Morgan fingerprint density at radius 2 is 2.33 bits per heavy atom. The van der Waals surface area contributed by atoms with Gasteiger partial charge in [0.15, 0.2) is 0 Å². The fourth-order valence-electron chi connectivity index (χ4n) is 0.332. The van der Waals surface area contributed by atoms with Crippen molar-refractivity contribution in [3.8, 4) is 0 Å². The molecule has 0 aromatic carbocycles. The molecule has 1 atom stereocenters. The van der Waals surface area contributed by atoms with Crippen molar-refractivity contribution in [3.05, 3.63) is 12.4 Å². The Bertz CT molecular complexity index is 148. The third-order valence-corrected chi connectivity index (χ3v) is 5.28. The van der Waals surface area contributed by atoms with Crippen molar-refractivity contribution in [1.82, 2.24) is 4.67 Å². The molecule has 54 valence electrons. The van der Waals surface area contributed by atoms with E-state index in [1.54, 1.807) is 5.82 Å². The minimum absolute atomic E-state index is 0.882. The zero-order valence-electron chi connectivity index (χ0n) is 5.67. The SMILES string of the molecule is C=CP(=S)(Cl)N(C)CC. The van der Waals surface area contributed by atoms with E-state index in [0.29, 0.717) is 0 Å². The molecule has 0 saturated heterocycles. The van der Waals surface area contributed by atoms with E-state index in [4.69, 9.17) is 23.0 Å². The maximum absolute atomic E-state index is 5.91. The summed E-state index contributed by atoms with van der Waals surface area (Å²) >= 11 is 11.0. The Balaban J connectivity index is 4.14. The van der Waals surface area contributed by atoms with Gasteiger partial charge in [0.25, 0.3) is 0 Å². The van der Waals surface area contributed by atoms with Crippen LogP contribution in [0.5, 0.6) is 0 Å². The highest BCUT2D eigenvalue weighted by Gasteiger charge is 2.11. The standard InChI is InChI=1S/C5H11ClNPS/c1-4-7(3)8(6,9)5-2/h5H,2,4H2,1,3H3. The highest BCUT2D eigenvalue weighted by Crippen LogP contribution is 2.54. The van der Waals surface area contributed by atoms with Gasteiger partial charge in [-0.3, -0.25) is 4.67 Å². The molecular formula is C5H11ClNPS. The van der Waals surface area contributed by atoms with Crippen LogP contribution in [-0.4, -0.2) is 18.3 Å². The van der Waals surface area contributed by atoms with Crippen LogP contribution in [0.1, 0.15) is 6.92 Å². The quantitative estimate of drug-likeness (QED) is 0.619. The summed E-state index contributed by atoms with van der Waals surface area (Å²) in [6.45, 7) is 6.48. The predicted octanol–water partition coefficient (Wildman–Crippen LogP) is 2.63. The van der Waals surface area contributed by atoms with Crippen LogP contribution in [0.3, 0.4) is 0 Å². The van der Waals surface area contributed by atoms with Gasteiger partial charge in [0.1, 0.15) is 5.54 Å². The first-order chi connectivity index (χ1) is 4.04. The molecule has 0 saturated carbocycles. The second-order valence-corrected chi connectivity index (χ2v) is 7.66. The molecular weight excluding hydrogens is 173 g/mol. The molecule has 0 aromatic rings. The van der Waals surface area contributed by atoms with Crippen molar-refractivity contribution in [1.29, 1.82) is 0 Å². The van der Waals surface area contributed by atoms with Crippen LogP contribution in [0.2, 0.25) is 0 Å². The summed E-state index contributed by atoms with van der Waals surface area (Å²) in [6, 6.07) is 0. The van der Waals surface area contributed by atoms with Gasteiger partial charge in [0.2, 0.25) is 0 Å². The molecule has 1 unspecified atom stereocenters. The number of rotatable bonds is 3. The summed E-state index contributed by atoms with van der Waals surface area (Å²) in [5.41, 5.74) is -1.86. The van der Waals surface area contributed by atoms with Crippen LogP contribution in [0.4, 0.5) is 0 Å². The third kappa shape index (κ3) is 2.81. The van der Waals surface area contributed by atoms with Crippen molar-refractivity contribution in [3.63, 3.8) is 0 Å². The number of hydrogen-bond donors (Lipinski definition) is 0. The molecule has 4 heteroatoms. The second-order valence-electron chi connectivity index (χ2n) is 1.70. The van der Waals surface area contributed by atoms with E-state index >= 15 is 0 Å². The van der Waals surface area contributed by atoms with Crippen LogP contribution in [0, 0.1) is 0 Å². The maximum atomic E-state index is 5.91. The van der Waals surface area contributed by atoms with Crippen molar-refractivity contribution in [2.45, 2.75) is 6.92 Å². The first kappa shape index (κ1) is 9.64. The maximum Gasteiger partial charge on any atom is 0.119 e. The molecule has 0 aliphatic carbocycles. The molecule has 0 aliphatic rings. The fraction of sp³-hybridized carbons (Fsp3) is 0.600. The molecule has 0 heterocycles. The Morgan fingerprint density at radius 1 is 1.89 bits per heavy atom. The van der Waals surface area contributed by atoms with Crippen molar-refractivity contribution >= 4 is 28.6 Å². The molecule has 0 spiro atoms. The fourth-order valence-corrected chi connectivity index (χ4v) is 1.66. The number of nitrogens with zero attached hydrogens (tertiary/aromatic N) is 1. The molecule has 0 N–H and O–H groups in total. The topological polar surface area (TPSA) is 3.24 Å². The van der Waals surface area contributed by atoms with Crippen molar-refractivity contribution in [2.24, 2.45) is 0 Å². The summed E-state index contributed by atoms with van der Waals surface area (Å²) < 4.78 is 1.94. The molecule has 0 bridgehead atoms. The summed E-state index contributed by atoms with van der Waals surface area (Å²) in [4.78, 5) is 0. The molecule has 0 amide bonds. The lowest BCUT2D eigenvalue weighted by Crippen LogP contribution is -2.09. The monoisotopic (exact) mass is 183 g/mol. The van der Waals surface area contributed by atoms with E-state index in [1.165, 1.54) is 0 Å². The molecule has 0 fully saturated rings.